The molecule has 0 aliphatic heterocycles. The Bertz CT molecular complexity index is 262. The number of hydrogen-bond donors (Lipinski definition) is 0. The van der Waals surface area contributed by atoms with Gasteiger partial charge >= 0.3 is 0 Å². The van der Waals surface area contributed by atoms with E-state index in [1.165, 1.54) is 11.1 Å². The zero-order valence-corrected chi connectivity index (χ0v) is 11.0. The first-order valence-electron chi connectivity index (χ1n) is 5.86. The molecule has 0 fully saturated rings. The second-order valence-electron chi connectivity index (χ2n) is 4.31. The van der Waals surface area contributed by atoms with Gasteiger partial charge in [0.1, 0.15) is 5.78 Å². The average Bonchev–Trinajstić information content (AvgIpc) is 2.17. The monoisotopic (exact) mass is 224 g/mol. The van der Waals surface area contributed by atoms with E-state index in [0.717, 1.165) is 19.3 Å². The van der Waals surface area contributed by atoms with Crippen LogP contribution in [0.25, 0.3) is 0 Å². The summed E-state index contributed by atoms with van der Waals surface area (Å²) in [6.07, 6.45) is 8.04. The summed E-state index contributed by atoms with van der Waals surface area (Å²) in [5.41, 5.74) is 2.64. The number of allylic oxidation sites excluding steroid dienone is 3. The van der Waals surface area contributed by atoms with Crippen LogP contribution in [0.3, 0.4) is 0 Å². The third-order valence-electron chi connectivity index (χ3n) is 2.39. The normalized spacial score (nSPS) is 13.0. The van der Waals surface area contributed by atoms with E-state index in [9.17, 15) is 4.79 Å². The third kappa shape index (κ3) is 9.66. The van der Waals surface area contributed by atoms with Crippen LogP contribution in [0.4, 0.5) is 0 Å². The molecule has 0 radical (unpaired) electrons. The Morgan fingerprint density at radius 1 is 1.00 bits per heavy atom. The zero-order valence-electron chi connectivity index (χ0n) is 11.0. The van der Waals surface area contributed by atoms with E-state index >= 15 is 0 Å². The van der Waals surface area contributed by atoms with Crippen LogP contribution in [0.1, 0.15) is 46.5 Å². The van der Waals surface area contributed by atoms with Crippen molar-refractivity contribution in [2.75, 3.05) is 13.7 Å². The molecule has 0 saturated heterocycles. The van der Waals surface area contributed by atoms with E-state index in [2.05, 4.69) is 26.0 Å². The molecule has 0 bridgehead atoms. The molecule has 0 spiro atoms. The highest BCUT2D eigenvalue weighted by atomic mass is 16.5. The summed E-state index contributed by atoms with van der Waals surface area (Å²) in [6.45, 7) is 6.56. The molecule has 0 aliphatic rings. The lowest BCUT2D eigenvalue weighted by Gasteiger charge is -2.01. The number of carbonyl (C=O) groups excluding carboxylic acids is 1. The fourth-order valence-electron chi connectivity index (χ4n) is 1.46. The smallest absolute Gasteiger partial charge is 0.130 e. The molecule has 0 aromatic rings. The molecule has 0 N–H and O–H groups in total. The van der Waals surface area contributed by atoms with E-state index in [0.29, 0.717) is 13.0 Å². The van der Waals surface area contributed by atoms with E-state index in [-0.39, 0.29) is 5.78 Å². The maximum absolute atomic E-state index is 10.7. The van der Waals surface area contributed by atoms with Crippen LogP contribution < -0.4 is 0 Å². The van der Waals surface area contributed by atoms with E-state index < -0.39 is 0 Å². The highest BCUT2D eigenvalue weighted by Crippen LogP contribution is 2.08. The van der Waals surface area contributed by atoms with Crippen molar-refractivity contribution in [3.63, 3.8) is 0 Å². The lowest BCUT2D eigenvalue weighted by Crippen LogP contribution is -1.90. The highest BCUT2D eigenvalue weighted by Gasteiger charge is 1.93. The van der Waals surface area contributed by atoms with Gasteiger partial charge in [0.2, 0.25) is 0 Å². The molecule has 0 heterocycles. The number of methoxy groups -OCH3 is 1. The Morgan fingerprint density at radius 2 is 1.56 bits per heavy atom. The summed E-state index contributed by atoms with van der Waals surface area (Å²) < 4.78 is 5.03. The first kappa shape index (κ1) is 15.1. The molecule has 0 atom stereocenters. The molecule has 0 aliphatic carbocycles. The van der Waals surface area contributed by atoms with Crippen LogP contribution in [0.5, 0.6) is 0 Å². The SMILES string of the molecule is COCC(C)=CCCC(C)=CCCC(C)=O. The maximum Gasteiger partial charge on any atom is 0.130 e. The summed E-state index contributed by atoms with van der Waals surface area (Å²) in [5.74, 6) is 0.264. The van der Waals surface area contributed by atoms with Crippen LogP contribution in [0, 0.1) is 0 Å². The fourth-order valence-corrected chi connectivity index (χ4v) is 1.46. The molecular weight excluding hydrogens is 200 g/mol. The predicted octanol–water partition coefficient (Wildman–Crippen LogP) is 3.67. The number of ketones is 1. The average molecular weight is 224 g/mol. The summed E-state index contributed by atoms with van der Waals surface area (Å²) in [6, 6.07) is 0. The van der Waals surface area contributed by atoms with Gasteiger partial charge in [0, 0.05) is 13.5 Å². The summed E-state index contributed by atoms with van der Waals surface area (Å²) >= 11 is 0. The minimum absolute atomic E-state index is 0.264. The van der Waals surface area contributed by atoms with Crippen molar-refractivity contribution in [2.24, 2.45) is 0 Å². The third-order valence-corrected chi connectivity index (χ3v) is 2.39. The molecule has 2 nitrogen and oxygen atoms in total. The number of hydrogen-bond acceptors (Lipinski definition) is 2. The minimum Gasteiger partial charge on any atom is -0.380 e. The van der Waals surface area contributed by atoms with Gasteiger partial charge in [-0.1, -0.05) is 23.3 Å². The van der Waals surface area contributed by atoms with Crippen LogP contribution in [-0.4, -0.2) is 19.5 Å². The molecule has 0 rings (SSSR count). The van der Waals surface area contributed by atoms with Crippen LogP contribution >= 0.6 is 0 Å². The Kier molecular flexibility index (Phi) is 8.82. The van der Waals surface area contributed by atoms with Crippen LogP contribution in [0.15, 0.2) is 23.3 Å². The zero-order chi connectivity index (χ0) is 12.4. The summed E-state index contributed by atoms with van der Waals surface area (Å²) in [7, 11) is 1.71. The molecule has 16 heavy (non-hydrogen) atoms. The van der Waals surface area contributed by atoms with Gasteiger partial charge in [-0.3, -0.25) is 0 Å². The largest absolute Gasteiger partial charge is 0.380 e. The standard InChI is InChI=1S/C14H24O2/c1-12(8-6-10-14(3)15)7-5-9-13(2)11-16-4/h8-9H,5-7,10-11H2,1-4H3. The van der Waals surface area contributed by atoms with Crippen LogP contribution in [-0.2, 0) is 9.53 Å². The number of carbonyl (C=O) groups is 1. The van der Waals surface area contributed by atoms with E-state index in [4.69, 9.17) is 4.74 Å². The van der Waals surface area contributed by atoms with Gasteiger partial charge in [-0.2, -0.15) is 0 Å². The maximum atomic E-state index is 10.7. The van der Waals surface area contributed by atoms with Crippen molar-refractivity contribution in [2.45, 2.75) is 46.5 Å². The first-order chi connectivity index (χ1) is 7.56. The molecule has 0 saturated carbocycles. The van der Waals surface area contributed by atoms with E-state index in [1.54, 1.807) is 14.0 Å². The van der Waals surface area contributed by atoms with Gasteiger partial charge < -0.3 is 9.53 Å². The fraction of sp³-hybridized carbons (Fsp3) is 0.643. The molecular formula is C14H24O2. The summed E-state index contributed by atoms with van der Waals surface area (Å²) in [5, 5.41) is 0. The minimum atomic E-state index is 0.264. The second-order valence-corrected chi connectivity index (χ2v) is 4.31. The van der Waals surface area contributed by atoms with Gasteiger partial charge in [0.25, 0.3) is 0 Å². The molecule has 2 heteroatoms. The molecule has 0 aromatic heterocycles. The van der Waals surface area contributed by atoms with Gasteiger partial charge in [0.05, 0.1) is 6.61 Å². The molecule has 0 unspecified atom stereocenters. The van der Waals surface area contributed by atoms with Crippen molar-refractivity contribution in [1.82, 2.24) is 0 Å². The van der Waals surface area contributed by atoms with Gasteiger partial charge in [0.15, 0.2) is 0 Å². The van der Waals surface area contributed by atoms with E-state index in [1.807, 2.05) is 0 Å². The highest BCUT2D eigenvalue weighted by molar-refractivity contribution is 5.75. The Labute approximate surface area is 99.4 Å². The first-order valence-corrected chi connectivity index (χ1v) is 5.86. The van der Waals surface area contributed by atoms with Crippen molar-refractivity contribution in [3.8, 4) is 0 Å². The number of ether oxygens (including phenoxy) is 1. The van der Waals surface area contributed by atoms with Crippen molar-refractivity contribution < 1.29 is 9.53 Å². The van der Waals surface area contributed by atoms with Crippen molar-refractivity contribution in [3.05, 3.63) is 23.3 Å². The molecule has 92 valence electrons. The Hall–Kier alpha value is -0.890. The molecule has 0 aromatic carbocycles. The number of Topliss-reactive ketones (excluding diaryl/α,β-unsaturated/α-hetero) is 1. The lowest BCUT2D eigenvalue weighted by molar-refractivity contribution is -0.116. The topological polar surface area (TPSA) is 26.3 Å². The van der Waals surface area contributed by atoms with Gasteiger partial charge in [-0.25, -0.2) is 0 Å². The Balaban J connectivity index is 3.75. The number of rotatable bonds is 8. The van der Waals surface area contributed by atoms with Crippen LogP contribution in [0.2, 0.25) is 0 Å². The van der Waals surface area contributed by atoms with Crippen molar-refractivity contribution >= 4 is 5.78 Å². The summed E-state index contributed by atoms with van der Waals surface area (Å²) in [4.78, 5) is 10.7. The van der Waals surface area contributed by atoms with Gasteiger partial charge in [-0.15, -0.1) is 0 Å². The Morgan fingerprint density at radius 3 is 2.12 bits per heavy atom. The predicted molar refractivity (Wildman–Crippen MR) is 68.5 cm³/mol. The van der Waals surface area contributed by atoms with Gasteiger partial charge in [-0.05, 0) is 40.0 Å². The van der Waals surface area contributed by atoms with Crippen molar-refractivity contribution in [1.29, 1.82) is 0 Å². The second kappa shape index (κ2) is 9.34. The quantitative estimate of drug-likeness (QED) is 0.588. The lowest BCUT2D eigenvalue weighted by atomic mass is 10.1. The molecule has 0 amide bonds.